The summed E-state index contributed by atoms with van der Waals surface area (Å²) in [6.45, 7) is 0.285. The minimum absolute atomic E-state index is 0.285. The molecule has 3 aromatic rings. The predicted molar refractivity (Wildman–Crippen MR) is 105 cm³/mol. The number of carbonyl (C=O) groups is 2. The molecule has 3 rings (SSSR count). The average molecular weight is 379 g/mol. The molecule has 0 radical (unpaired) electrons. The van der Waals surface area contributed by atoms with E-state index in [0.29, 0.717) is 17.1 Å². The van der Waals surface area contributed by atoms with Crippen molar-refractivity contribution < 1.29 is 18.4 Å². The highest BCUT2D eigenvalue weighted by Gasteiger charge is 2.04. The highest BCUT2D eigenvalue weighted by atomic mass is 19.1. The number of nitrogens with one attached hydrogen (secondary N) is 3. The number of hydrogen-bond acceptors (Lipinski definition) is 3. The zero-order chi connectivity index (χ0) is 19.8. The van der Waals surface area contributed by atoms with E-state index in [0.717, 1.165) is 5.56 Å². The fourth-order valence-electron chi connectivity index (χ4n) is 2.32. The lowest BCUT2D eigenvalue weighted by atomic mass is 10.2. The van der Waals surface area contributed by atoms with Gasteiger partial charge in [0.2, 0.25) is 5.91 Å². The number of hydrogen-bond donors (Lipinski definition) is 3. The molecular formula is C21H18FN3O3. The molecule has 0 saturated heterocycles. The van der Waals surface area contributed by atoms with Crippen molar-refractivity contribution in [3.8, 4) is 0 Å². The fourth-order valence-corrected chi connectivity index (χ4v) is 2.32. The molecule has 0 aliphatic heterocycles. The Kier molecular flexibility index (Phi) is 6.20. The third kappa shape index (κ3) is 5.84. The summed E-state index contributed by atoms with van der Waals surface area (Å²) in [5.74, 6) is 0.00748. The summed E-state index contributed by atoms with van der Waals surface area (Å²) in [5, 5.41) is 8.06. The van der Waals surface area contributed by atoms with Gasteiger partial charge in [0.1, 0.15) is 11.6 Å². The van der Waals surface area contributed by atoms with E-state index in [1.54, 1.807) is 54.6 Å². The number of urea groups is 1. The number of anilines is 2. The lowest BCUT2D eigenvalue weighted by Crippen LogP contribution is -2.27. The molecule has 6 nitrogen and oxygen atoms in total. The third-order valence-corrected chi connectivity index (χ3v) is 3.71. The lowest BCUT2D eigenvalue weighted by Gasteiger charge is -2.08. The van der Waals surface area contributed by atoms with E-state index in [2.05, 4.69) is 16.0 Å². The molecule has 0 fully saturated rings. The quantitative estimate of drug-likeness (QED) is 0.556. The predicted octanol–water partition coefficient (Wildman–Crippen LogP) is 4.39. The first-order valence-electron chi connectivity index (χ1n) is 8.50. The normalized spacial score (nSPS) is 10.6. The Labute approximate surface area is 161 Å². The van der Waals surface area contributed by atoms with Gasteiger partial charge in [-0.15, -0.1) is 0 Å². The molecule has 0 saturated carbocycles. The fraction of sp³-hybridized carbons (Fsp3) is 0.0476. The van der Waals surface area contributed by atoms with Gasteiger partial charge in [0.15, 0.2) is 0 Å². The first-order valence-corrected chi connectivity index (χ1v) is 8.50. The van der Waals surface area contributed by atoms with Gasteiger partial charge in [-0.05, 0) is 60.2 Å². The van der Waals surface area contributed by atoms with Gasteiger partial charge >= 0.3 is 6.03 Å². The number of benzene rings is 2. The van der Waals surface area contributed by atoms with E-state index >= 15 is 0 Å². The van der Waals surface area contributed by atoms with Crippen LogP contribution in [0.4, 0.5) is 20.6 Å². The highest BCUT2D eigenvalue weighted by molar-refractivity contribution is 6.02. The van der Waals surface area contributed by atoms with Crippen molar-refractivity contribution in [2.45, 2.75) is 6.54 Å². The van der Waals surface area contributed by atoms with Crippen LogP contribution in [0.2, 0.25) is 0 Å². The van der Waals surface area contributed by atoms with Gasteiger partial charge in [-0.2, -0.15) is 0 Å². The van der Waals surface area contributed by atoms with E-state index in [4.69, 9.17) is 4.42 Å². The number of carbonyl (C=O) groups excluding carboxylic acids is 2. The molecule has 3 N–H and O–H groups in total. The van der Waals surface area contributed by atoms with Crippen molar-refractivity contribution in [3.05, 3.63) is 90.1 Å². The van der Waals surface area contributed by atoms with E-state index in [1.807, 2.05) is 0 Å². The smallest absolute Gasteiger partial charge is 0.319 e. The molecular weight excluding hydrogens is 361 g/mol. The molecule has 142 valence electrons. The van der Waals surface area contributed by atoms with Gasteiger partial charge in [0, 0.05) is 17.5 Å². The highest BCUT2D eigenvalue weighted by Crippen LogP contribution is 2.14. The Morgan fingerprint density at radius 3 is 2.25 bits per heavy atom. The average Bonchev–Trinajstić information content (AvgIpc) is 3.21. The van der Waals surface area contributed by atoms with Crippen LogP contribution in [0.25, 0.3) is 6.08 Å². The maximum Gasteiger partial charge on any atom is 0.319 e. The summed E-state index contributed by atoms with van der Waals surface area (Å²) in [7, 11) is 0. The first-order chi connectivity index (χ1) is 13.6. The first kappa shape index (κ1) is 18.9. The molecule has 1 heterocycles. The van der Waals surface area contributed by atoms with E-state index in [-0.39, 0.29) is 24.3 Å². The second kappa shape index (κ2) is 9.18. The Balaban J connectivity index is 1.47. The maximum atomic E-state index is 12.9. The topological polar surface area (TPSA) is 83.4 Å². The molecule has 0 aliphatic rings. The van der Waals surface area contributed by atoms with E-state index in [1.165, 1.54) is 24.5 Å². The molecule has 0 bridgehead atoms. The van der Waals surface area contributed by atoms with Crippen LogP contribution in [0, 0.1) is 5.82 Å². The van der Waals surface area contributed by atoms with Crippen molar-refractivity contribution in [2.24, 2.45) is 0 Å². The van der Waals surface area contributed by atoms with Gasteiger partial charge in [-0.1, -0.05) is 12.1 Å². The largest absolute Gasteiger partial charge is 0.467 e. The number of amides is 3. The van der Waals surface area contributed by atoms with Gasteiger partial charge in [-0.25, -0.2) is 9.18 Å². The standard InChI is InChI=1S/C21H18FN3O3/c22-16-6-3-15(4-7-16)5-12-20(26)24-17-8-10-18(11-9-17)25-21(27)23-14-19-2-1-13-28-19/h1-13H,14H2,(H,24,26)(H2,23,25,27)/b12-5+. The van der Waals surface area contributed by atoms with E-state index in [9.17, 15) is 14.0 Å². The summed E-state index contributed by atoms with van der Waals surface area (Å²) in [6, 6.07) is 15.7. The number of rotatable bonds is 6. The number of halogens is 1. The molecule has 3 amide bonds. The Morgan fingerprint density at radius 1 is 0.929 bits per heavy atom. The Morgan fingerprint density at radius 2 is 1.61 bits per heavy atom. The molecule has 0 unspecified atom stereocenters. The molecule has 0 aliphatic carbocycles. The molecule has 0 atom stereocenters. The number of furan rings is 1. The van der Waals surface area contributed by atoms with Crippen molar-refractivity contribution in [3.63, 3.8) is 0 Å². The second-order valence-electron chi connectivity index (χ2n) is 5.84. The van der Waals surface area contributed by atoms with Gasteiger partial charge in [-0.3, -0.25) is 4.79 Å². The Hall–Kier alpha value is -3.87. The van der Waals surface area contributed by atoms with Crippen LogP contribution in [0.1, 0.15) is 11.3 Å². The zero-order valence-corrected chi connectivity index (χ0v) is 14.8. The Bertz CT molecular complexity index is 950. The van der Waals surface area contributed by atoms with Crippen LogP contribution < -0.4 is 16.0 Å². The molecule has 28 heavy (non-hydrogen) atoms. The summed E-state index contributed by atoms with van der Waals surface area (Å²) in [5.41, 5.74) is 1.88. The maximum absolute atomic E-state index is 12.9. The van der Waals surface area contributed by atoms with Crippen molar-refractivity contribution in [1.82, 2.24) is 5.32 Å². The summed E-state index contributed by atoms with van der Waals surface area (Å²) in [6.07, 6.45) is 4.49. The summed E-state index contributed by atoms with van der Waals surface area (Å²) < 4.78 is 18.0. The molecule has 7 heteroatoms. The van der Waals surface area contributed by atoms with E-state index < -0.39 is 0 Å². The van der Waals surface area contributed by atoms with Crippen molar-refractivity contribution in [1.29, 1.82) is 0 Å². The van der Waals surface area contributed by atoms with Gasteiger partial charge < -0.3 is 20.4 Å². The van der Waals surface area contributed by atoms with Gasteiger partial charge in [0.05, 0.1) is 12.8 Å². The minimum atomic E-state index is -0.365. The monoisotopic (exact) mass is 379 g/mol. The summed E-state index contributed by atoms with van der Waals surface area (Å²) in [4.78, 5) is 23.8. The zero-order valence-electron chi connectivity index (χ0n) is 14.8. The van der Waals surface area contributed by atoms with Gasteiger partial charge in [0.25, 0.3) is 0 Å². The van der Waals surface area contributed by atoms with Crippen molar-refractivity contribution in [2.75, 3.05) is 10.6 Å². The van der Waals surface area contributed by atoms with Crippen LogP contribution >= 0.6 is 0 Å². The van der Waals surface area contributed by atoms with Crippen LogP contribution in [0.3, 0.4) is 0 Å². The van der Waals surface area contributed by atoms with Crippen LogP contribution in [-0.2, 0) is 11.3 Å². The van der Waals surface area contributed by atoms with Crippen LogP contribution in [-0.4, -0.2) is 11.9 Å². The third-order valence-electron chi connectivity index (χ3n) is 3.71. The van der Waals surface area contributed by atoms with Crippen LogP contribution in [0.5, 0.6) is 0 Å². The molecule has 1 aromatic heterocycles. The minimum Gasteiger partial charge on any atom is -0.467 e. The van der Waals surface area contributed by atoms with Crippen molar-refractivity contribution >= 4 is 29.4 Å². The molecule has 2 aromatic carbocycles. The second-order valence-corrected chi connectivity index (χ2v) is 5.84. The lowest BCUT2D eigenvalue weighted by molar-refractivity contribution is -0.111. The SMILES string of the molecule is O=C(/C=C/c1ccc(F)cc1)Nc1ccc(NC(=O)NCc2ccco2)cc1. The molecule has 0 spiro atoms. The van der Waals surface area contributed by atoms with Crippen LogP contribution in [0.15, 0.2) is 77.4 Å². The summed E-state index contributed by atoms with van der Waals surface area (Å²) >= 11 is 0.